The molecule has 2 aliphatic heterocycles. The maximum atomic E-state index is 11.3. The molecular weight excluding hydrogens is 326 g/mol. The van der Waals surface area contributed by atoms with Gasteiger partial charge in [-0.3, -0.25) is 4.90 Å². The van der Waals surface area contributed by atoms with Crippen molar-refractivity contribution < 1.29 is 15.3 Å². The fourth-order valence-corrected chi connectivity index (χ4v) is 5.02. The second-order valence-electron chi connectivity index (χ2n) is 7.92. The first kappa shape index (κ1) is 17.5. The van der Waals surface area contributed by atoms with Crippen LogP contribution in [-0.4, -0.2) is 38.3 Å². The molecule has 4 nitrogen and oxygen atoms in total. The second kappa shape index (κ2) is 6.69. The molecule has 2 saturated heterocycles. The molecule has 2 heterocycles. The van der Waals surface area contributed by atoms with Crippen molar-refractivity contribution in [2.45, 2.75) is 62.4 Å². The van der Waals surface area contributed by atoms with E-state index in [0.29, 0.717) is 12.8 Å². The molecule has 138 valence electrons. The van der Waals surface area contributed by atoms with Gasteiger partial charge in [-0.1, -0.05) is 42.5 Å². The van der Waals surface area contributed by atoms with E-state index in [2.05, 4.69) is 11.8 Å². The van der Waals surface area contributed by atoms with Crippen LogP contribution in [0.2, 0.25) is 0 Å². The van der Waals surface area contributed by atoms with Gasteiger partial charge in [-0.15, -0.1) is 0 Å². The van der Waals surface area contributed by atoms with Crippen LogP contribution in [-0.2, 0) is 5.60 Å². The normalized spacial score (nSPS) is 30.9. The zero-order valence-corrected chi connectivity index (χ0v) is 15.1. The minimum atomic E-state index is -0.771. The van der Waals surface area contributed by atoms with E-state index in [1.807, 2.05) is 30.3 Å². The molecule has 4 rings (SSSR count). The molecule has 3 N–H and O–H groups in total. The number of aliphatic hydroxyl groups is 2. The van der Waals surface area contributed by atoms with Crippen LogP contribution in [0.1, 0.15) is 49.8 Å². The van der Waals surface area contributed by atoms with Gasteiger partial charge in [-0.25, -0.2) is 0 Å². The molecule has 0 spiro atoms. The van der Waals surface area contributed by atoms with Gasteiger partial charge < -0.3 is 15.3 Å². The van der Waals surface area contributed by atoms with Gasteiger partial charge in [0.05, 0.1) is 11.7 Å². The van der Waals surface area contributed by atoms with Crippen LogP contribution < -0.4 is 0 Å². The van der Waals surface area contributed by atoms with Crippen LogP contribution in [0, 0.1) is 0 Å². The van der Waals surface area contributed by atoms with Crippen molar-refractivity contribution in [2.75, 3.05) is 0 Å². The summed E-state index contributed by atoms with van der Waals surface area (Å²) in [7, 11) is 0. The Morgan fingerprint density at radius 2 is 1.54 bits per heavy atom. The van der Waals surface area contributed by atoms with E-state index in [1.165, 1.54) is 0 Å². The van der Waals surface area contributed by atoms with E-state index in [4.69, 9.17) is 0 Å². The van der Waals surface area contributed by atoms with Crippen molar-refractivity contribution in [1.82, 2.24) is 4.90 Å². The summed E-state index contributed by atoms with van der Waals surface area (Å²) in [5, 5.41) is 31.6. The number of phenolic OH excluding ortho intramolecular Hbond substituents is 1. The standard InChI is InChI=1S/C22H27NO3/c1-15(21(25)16-7-11-20(24)12-8-16)23-18-9-10-19(23)14-22(26,13-18)17-5-3-2-4-6-17/h2-8,11-12,15,18-19,21,24-26H,9-10,13-14H2,1H3/t15-,18?,19?,21+,22?/m0/s1. The molecule has 4 atom stereocenters. The average molecular weight is 353 g/mol. The van der Waals surface area contributed by atoms with E-state index in [1.54, 1.807) is 24.3 Å². The zero-order chi connectivity index (χ0) is 18.3. The Balaban J connectivity index is 1.54. The van der Waals surface area contributed by atoms with E-state index in [0.717, 1.165) is 24.0 Å². The second-order valence-corrected chi connectivity index (χ2v) is 7.92. The average Bonchev–Trinajstić information content (AvgIpc) is 2.94. The van der Waals surface area contributed by atoms with E-state index in [9.17, 15) is 15.3 Å². The number of benzene rings is 2. The molecule has 0 radical (unpaired) electrons. The van der Waals surface area contributed by atoms with Gasteiger partial charge in [0.15, 0.2) is 0 Å². The van der Waals surface area contributed by atoms with E-state index < -0.39 is 11.7 Å². The first-order valence-electron chi connectivity index (χ1n) is 9.50. The molecule has 4 heteroatoms. The zero-order valence-electron chi connectivity index (χ0n) is 15.1. The van der Waals surface area contributed by atoms with Crippen molar-refractivity contribution in [2.24, 2.45) is 0 Å². The number of nitrogens with zero attached hydrogens (tertiary/aromatic N) is 1. The number of aromatic hydroxyl groups is 1. The maximum Gasteiger partial charge on any atom is 0.115 e. The monoisotopic (exact) mass is 353 g/mol. The van der Waals surface area contributed by atoms with Gasteiger partial charge in [0.2, 0.25) is 0 Å². The van der Waals surface area contributed by atoms with E-state index in [-0.39, 0.29) is 23.9 Å². The fourth-order valence-electron chi connectivity index (χ4n) is 5.02. The number of rotatable bonds is 4. The number of piperidine rings is 1. The lowest BCUT2D eigenvalue weighted by molar-refractivity contribution is -0.0844. The van der Waals surface area contributed by atoms with Crippen LogP contribution >= 0.6 is 0 Å². The molecule has 0 saturated carbocycles. The summed E-state index contributed by atoms with van der Waals surface area (Å²) >= 11 is 0. The van der Waals surface area contributed by atoms with Gasteiger partial charge in [0, 0.05) is 18.1 Å². The Morgan fingerprint density at radius 3 is 2.12 bits per heavy atom. The lowest BCUT2D eigenvalue weighted by atomic mass is 9.79. The highest BCUT2D eigenvalue weighted by molar-refractivity contribution is 5.29. The Hall–Kier alpha value is -1.88. The molecule has 2 bridgehead atoms. The summed E-state index contributed by atoms with van der Waals surface area (Å²) in [5.41, 5.74) is 1.05. The Kier molecular flexibility index (Phi) is 4.51. The topological polar surface area (TPSA) is 63.9 Å². The number of hydrogen-bond donors (Lipinski definition) is 3. The van der Waals surface area contributed by atoms with Gasteiger partial charge in [-0.05, 0) is 55.9 Å². The SMILES string of the molecule is C[C@@H]([C@@H](O)c1ccc(O)cc1)N1C2CCC1CC(O)(c1ccccc1)C2. The summed E-state index contributed by atoms with van der Waals surface area (Å²) in [6.07, 6.45) is 2.93. The molecule has 2 fully saturated rings. The first-order valence-corrected chi connectivity index (χ1v) is 9.50. The van der Waals surface area contributed by atoms with Crippen LogP contribution in [0.15, 0.2) is 54.6 Å². The predicted octanol–water partition coefficient (Wildman–Crippen LogP) is 3.33. The molecule has 2 aromatic carbocycles. The molecule has 2 unspecified atom stereocenters. The van der Waals surface area contributed by atoms with Crippen molar-refractivity contribution >= 4 is 0 Å². The molecule has 26 heavy (non-hydrogen) atoms. The molecule has 0 aromatic heterocycles. The minimum Gasteiger partial charge on any atom is -0.508 e. The molecule has 2 aromatic rings. The fraction of sp³-hybridized carbons (Fsp3) is 0.455. The highest BCUT2D eigenvalue weighted by Gasteiger charge is 2.50. The van der Waals surface area contributed by atoms with Gasteiger partial charge in [0.25, 0.3) is 0 Å². The lowest BCUT2D eigenvalue weighted by Gasteiger charge is -2.47. The predicted molar refractivity (Wildman–Crippen MR) is 101 cm³/mol. The van der Waals surface area contributed by atoms with Crippen molar-refractivity contribution in [3.63, 3.8) is 0 Å². The van der Waals surface area contributed by atoms with Crippen molar-refractivity contribution in [1.29, 1.82) is 0 Å². The van der Waals surface area contributed by atoms with Crippen LogP contribution in [0.25, 0.3) is 0 Å². The van der Waals surface area contributed by atoms with Crippen molar-refractivity contribution in [3.8, 4) is 5.75 Å². The third-order valence-corrected chi connectivity index (χ3v) is 6.30. The maximum absolute atomic E-state index is 11.3. The summed E-state index contributed by atoms with van der Waals surface area (Å²) in [6, 6.07) is 17.3. The third kappa shape index (κ3) is 3.02. The van der Waals surface area contributed by atoms with Crippen LogP contribution in [0.5, 0.6) is 5.75 Å². The Morgan fingerprint density at radius 1 is 0.962 bits per heavy atom. The van der Waals surface area contributed by atoms with Crippen LogP contribution in [0.4, 0.5) is 0 Å². The highest BCUT2D eigenvalue weighted by atomic mass is 16.3. The third-order valence-electron chi connectivity index (χ3n) is 6.30. The summed E-state index contributed by atoms with van der Waals surface area (Å²) < 4.78 is 0. The number of phenols is 1. The number of aliphatic hydroxyl groups excluding tert-OH is 1. The Labute approximate surface area is 154 Å². The Bertz CT molecular complexity index is 732. The van der Waals surface area contributed by atoms with E-state index >= 15 is 0 Å². The molecular formula is C22H27NO3. The summed E-state index contributed by atoms with van der Waals surface area (Å²) in [6.45, 7) is 2.07. The highest BCUT2D eigenvalue weighted by Crippen LogP contribution is 2.47. The minimum absolute atomic E-state index is 0.0302. The number of hydrogen-bond acceptors (Lipinski definition) is 4. The molecule has 2 aliphatic rings. The van der Waals surface area contributed by atoms with Crippen LogP contribution in [0.3, 0.4) is 0 Å². The largest absolute Gasteiger partial charge is 0.508 e. The quantitative estimate of drug-likeness (QED) is 0.789. The molecule has 0 aliphatic carbocycles. The smallest absolute Gasteiger partial charge is 0.115 e. The van der Waals surface area contributed by atoms with Gasteiger partial charge >= 0.3 is 0 Å². The molecule has 0 amide bonds. The van der Waals surface area contributed by atoms with Gasteiger partial charge in [-0.2, -0.15) is 0 Å². The van der Waals surface area contributed by atoms with Crippen molar-refractivity contribution in [3.05, 3.63) is 65.7 Å². The summed E-state index contributed by atoms with van der Waals surface area (Å²) in [4.78, 5) is 2.41. The lowest BCUT2D eigenvalue weighted by Crippen LogP contribution is -2.54. The number of fused-ring (bicyclic) bond motifs is 2. The van der Waals surface area contributed by atoms with Gasteiger partial charge in [0.1, 0.15) is 5.75 Å². The first-order chi connectivity index (χ1) is 12.5. The summed E-state index contributed by atoms with van der Waals surface area (Å²) in [5.74, 6) is 0.208.